The Morgan fingerprint density at radius 2 is 2.13 bits per heavy atom. The molecule has 2 aromatic rings. The van der Waals surface area contributed by atoms with Gasteiger partial charge >= 0.3 is 0 Å². The van der Waals surface area contributed by atoms with Crippen LogP contribution in [0.15, 0.2) is 23.6 Å². The summed E-state index contributed by atoms with van der Waals surface area (Å²) in [6, 6.07) is 6.03. The highest BCUT2D eigenvalue weighted by Crippen LogP contribution is 2.29. The Labute approximate surface area is 97.5 Å². The third-order valence-corrected chi connectivity index (χ3v) is 3.02. The van der Waals surface area contributed by atoms with Crippen molar-refractivity contribution in [3.05, 3.63) is 39.9 Å². The average Bonchev–Trinajstić information content (AvgIpc) is 2.56. The summed E-state index contributed by atoms with van der Waals surface area (Å²) in [4.78, 5) is 4.03. The smallest absolute Gasteiger partial charge is 0.280 e. The molecule has 0 bridgehead atoms. The van der Waals surface area contributed by atoms with E-state index in [0.717, 1.165) is 11.3 Å². The lowest BCUT2D eigenvalue weighted by Gasteiger charge is -2.05. The normalized spacial score (nSPS) is 10.3. The summed E-state index contributed by atoms with van der Waals surface area (Å²) in [7, 11) is 0. The Morgan fingerprint density at radius 1 is 1.33 bits per heavy atom. The molecule has 0 saturated carbocycles. The third kappa shape index (κ3) is 2.49. The number of aromatic nitrogens is 1. The van der Waals surface area contributed by atoms with Crippen molar-refractivity contribution >= 4 is 22.9 Å². The zero-order chi connectivity index (χ0) is 10.8. The number of hydrogen-bond donors (Lipinski definition) is 0. The summed E-state index contributed by atoms with van der Waals surface area (Å²) >= 11 is 7.10. The van der Waals surface area contributed by atoms with E-state index >= 15 is 0 Å². The van der Waals surface area contributed by atoms with Gasteiger partial charge in [-0.2, -0.15) is 4.98 Å². The van der Waals surface area contributed by atoms with Crippen molar-refractivity contribution in [2.24, 2.45) is 0 Å². The molecule has 0 spiro atoms. The van der Waals surface area contributed by atoms with Crippen molar-refractivity contribution < 1.29 is 4.74 Å². The highest BCUT2D eigenvalue weighted by atomic mass is 35.5. The van der Waals surface area contributed by atoms with E-state index in [0.29, 0.717) is 10.3 Å². The number of hydrogen-bond acceptors (Lipinski definition) is 3. The van der Waals surface area contributed by atoms with Gasteiger partial charge in [0.15, 0.2) is 0 Å². The number of benzene rings is 1. The van der Waals surface area contributed by atoms with Crippen LogP contribution in [0.4, 0.5) is 0 Å². The molecule has 0 amide bonds. The zero-order valence-corrected chi connectivity index (χ0v) is 10.0. The van der Waals surface area contributed by atoms with Gasteiger partial charge in [-0.1, -0.05) is 40.6 Å². The molecule has 1 aromatic carbocycles. The number of aryl methyl sites for hydroxylation is 2. The molecule has 2 rings (SSSR count). The Kier molecular flexibility index (Phi) is 2.93. The highest BCUT2D eigenvalue weighted by molar-refractivity contribution is 7.11. The van der Waals surface area contributed by atoms with Gasteiger partial charge in [0.05, 0.1) is 0 Å². The monoisotopic (exact) mass is 239 g/mol. The van der Waals surface area contributed by atoms with Crippen LogP contribution in [0, 0.1) is 13.8 Å². The van der Waals surface area contributed by atoms with Gasteiger partial charge in [-0.15, -0.1) is 0 Å². The lowest BCUT2D eigenvalue weighted by atomic mass is 10.1. The molecule has 0 N–H and O–H groups in total. The van der Waals surface area contributed by atoms with Crippen LogP contribution in [0.5, 0.6) is 10.9 Å². The van der Waals surface area contributed by atoms with E-state index < -0.39 is 0 Å². The number of thiazole rings is 1. The van der Waals surface area contributed by atoms with E-state index in [4.69, 9.17) is 16.3 Å². The van der Waals surface area contributed by atoms with E-state index in [1.165, 1.54) is 16.9 Å². The van der Waals surface area contributed by atoms with Gasteiger partial charge in [-0.3, -0.25) is 0 Å². The van der Waals surface area contributed by atoms with Crippen LogP contribution in [0.2, 0.25) is 5.15 Å². The zero-order valence-electron chi connectivity index (χ0n) is 8.45. The topological polar surface area (TPSA) is 22.1 Å². The number of halogens is 1. The van der Waals surface area contributed by atoms with E-state index in [1.807, 2.05) is 19.1 Å². The second-order valence-corrected chi connectivity index (χ2v) is 4.52. The molecular weight excluding hydrogens is 230 g/mol. The first-order valence-corrected chi connectivity index (χ1v) is 5.77. The fourth-order valence-corrected chi connectivity index (χ4v) is 2.09. The molecule has 2 nitrogen and oxygen atoms in total. The van der Waals surface area contributed by atoms with Gasteiger partial charge in [-0.05, 0) is 25.5 Å². The minimum Gasteiger partial charge on any atom is -0.431 e. The average molecular weight is 240 g/mol. The molecule has 0 atom stereocenters. The van der Waals surface area contributed by atoms with Crippen molar-refractivity contribution in [1.82, 2.24) is 4.98 Å². The second kappa shape index (κ2) is 4.21. The molecule has 4 heteroatoms. The minimum absolute atomic E-state index is 0.472. The molecule has 0 aliphatic heterocycles. The van der Waals surface area contributed by atoms with Crippen LogP contribution >= 0.6 is 22.9 Å². The Bertz CT molecular complexity index is 481. The van der Waals surface area contributed by atoms with Crippen molar-refractivity contribution in [2.45, 2.75) is 13.8 Å². The Morgan fingerprint density at radius 3 is 2.73 bits per heavy atom. The number of ether oxygens (including phenoxy) is 1. The summed E-state index contributed by atoms with van der Waals surface area (Å²) in [5, 5.41) is 2.80. The Balaban J connectivity index is 2.24. The highest BCUT2D eigenvalue weighted by Gasteiger charge is 2.04. The van der Waals surface area contributed by atoms with Gasteiger partial charge in [-0.25, -0.2) is 0 Å². The van der Waals surface area contributed by atoms with Gasteiger partial charge in [0, 0.05) is 5.38 Å². The minimum atomic E-state index is 0.472. The molecule has 0 radical (unpaired) electrons. The summed E-state index contributed by atoms with van der Waals surface area (Å²) in [5.74, 6) is 0.826. The van der Waals surface area contributed by atoms with E-state index in [1.54, 1.807) is 5.38 Å². The molecule has 15 heavy (non-hydrogen) atoms. The fraction of sp³-hybridized carbons (Fsp3) is 0.182. The summed E-state index contributed by atoms with van der Waals surface area (Å²) in [6.45, 7) is 4.06. The molecule has 1 heterocycles. The molecular formula is C11H10ClNOS. The lowest BCUT2D eigenvalue weighted by molar-refractivity contribution is 0.475. The first-order valence-electron chi connectivity index (χ1n) is 4.51. The van der Waals surface area contributed by atoms with E-state index in [-0.39, 0.29) is 0 Å². The van der Waals surface area contributed by atoms with Crippen LogP contribution in [0.1, 0.15) is 11.1 Å². The molecule has 0 aliphatic rings. The van der Waals surface area contributed by atoms with E-state index in [2.05, 4.69) is 18.0 Å². The lowest BCUT2D eigenvalue weighted by Crippen LogP contribution is -1.87. The first kappa shape index (κ1) is 10.5. The summed E-state index contributed by atoms with van der Waals surface area (Å²) in [5.41, 5.74) is 2.32. The van der Waals surface area contributed by atoms with Crippen molar-refractivity contribution in [1.29, 1.82) is 0 Å². The van der Waals surface area contributed by atoms with Crippen LogP contribution in [0.3, 0.4) is 0 Å². The van der Waals surface area contributed by atoms with Gasteiger partial charge in [0.2, 0.25) is 0 Å². The fourth-order valence-electron chi connectivity index (χ4n) is 1.29. The maximum Gasteiger partial charge on any atom is 0.280 e. The van der Waals surface area contributed by atoms with Gasteiger partial charge in [0.1, 0.15) is 10.9 Å². The summed E-state index contributed by atoms with van der Waals surface area (Å²) < 4.78 is 5.61. The molecule has 0 fully saturated rings. The van der Waals surface area contributed by atoms with Crippen LogP contribution in [-0.2, 0) is 0 Å². The molecule has 0 unspecified atom stereocenters. The SMILES string of the molecule is Cc1ccc(Oc2nc(Cl)cs2)c(C)c1. The second-order valence-electron chi connectivity index (χ2n) is 3.31. The standard InChI is InChI=1S/C11H10ClNOS/c1-7-3-4-9(8(2)5-7)14-11-13-10(12)6-15-11/h3-6H,1-2H3. The van der Waals surface area contributed by atoms with Crippen LogP contribution < -0.4 is 4.74 Å². The maximum absolute atomic E-state index is 5.71. The van der Waals surface area contributed by atoms with Crippen molar-refractivity contribution in [2.75, 3.05) is 0 Å². The van der Waals surface area contributed by atoms with Crippen molar-refractivity contribution in [3.63, 3.8) is 0 Å². The largest absolute Gasteiger partial charge is 0.431 e. The predicted octanol–water partition coefficient (Wildman–Crippen LogP) is 4.21. The van der Waals surface area contributed by atoms with E-state index in [9.17, 15) is 0 Å². The van der Waals surface area contributed by atoms with Crippen LogP contribution in [-0.4, -0.2) is 4.98 Å². The summed E-state index contributed by atoms with van der Waals surface area (Å²) in [6.07, 6.45) is 0. The molecule has 0 aliphatic carbocycles. The quantitative estimate of drug-likeness (QED) is 0.783. The van der Waals surface area contributed by atoms with Gasteiger partial charge < -0.3 is 4.74 Å². The Hall–Kier alpha value is -1.06. The molecule has 78 valence electrons. The first-order chi connectivity index (χ1) is 7.15. The predicted molar refractivity (Wildman–Crippen MR) is 63.1 cm³/mol. The number of rotatable bonds is 2. The van der Waals surface area contributed by atoms with Crippen molar-refractivity contribution in [3.8, 4) is 10.9 Å². The maximum atomic E-state index is 5.71. The van der Waals surface area contributed by atoms with Gasteiger partial charge in [0.25, 0.3) is 5.19 Å². The molecule has 1 aromatic heterocycles. The number of nitrogens with zero attached hydrogens (tertiary/aromatic N) is 1. The molecule has 0 saturated heterocycles. The van der Waals surface area contributed by atoms with Crippen LogP contribution in [0.25, 0.3) is 0 Å². The third-order valence-electron chi connectivity index (χ3n) is 1.98.